The minimum absolute atomic E-state index is 0.0556. The van der Waals surface area contributed by atoms with Crippen LogP contribution in [0.4, 0.5) is 0 Å². The van der Waals surface area contributed by atoms with E-state index in [9.17, 15) is 9.59 Å². The van der Waals surface area contributed by atoms with Gasteiger partial charge in [0.2, 0.25) is 5.91 Å². The van der Waals surface area contributed by atoms with Crippen LogP contribution in [0, 0.1) is 0 Å². The molecule has 0 bridgehead atoms. The van der Waals surface area contributed by atoms with Crippen molar-refractivity contribution in [1.29, 1.82) is 0 Å². The van der Waals surface area contributed by atoms with Crippen molar-refractivity contribution in [3.63, 3.8) is 0 Å². The van der Waals surface area contributed by atoms with E-state index in [1.54, 1.807) is 26.4 Å². The molecule has 3 rings (SSSR count). The lowest BCUT2D eigenvalue weighted by Gasteiger charge is -2.32. The Labute approximate surface area is 183 Å². The predicted octanol–water partition coefficient (Wildman–Crippen LogP) is 2.42. The van der Waals surface area contributed by atoms with Crippen molar-refractivity contribution in [3.8, 4) is 11.5 Å². The van der Waals surface area contributed by atoms with Crippen LogP contribution in [0.15, 0.2) is 48.5 Å². The Kier molecular flexibility index (Phi) is 7.67. The molecule has 31 heavy (non-hydrogen) atoms. The lowest BCUT2D eigenvalue weighted by molar-refractivity contribution is -0.116. The second-order valence-corrected chi connectivity index (χ2v) is 7.45. The molecule has 2 amide bonds. The standard InChI is InChI=1S/C24H29N3O4/c1-26-12-14-27(15-13-26)24(29)20-6-4-18(5-7-20)17-25-23(28)11-9-19-8-10-21(30-2)16-22(19)31-3/h4-11,16H,12-15,17H2,1-3H3,(H,25,28). The van der Waals surface area contributed by atoms with Crippen LogP contribution in [0.3, 0.4) is 0 Å². The highest BCUT2D eigenvalue weighted by molar-refractivity contribution is 5.94. The third-order valence-corrected chi connectivity index (χ3v) is 5.31. The Morgan fingerprint density at radius 3 is 2.35 bits per heavy atom. The number of hydrogen-bond acceptors (Lipinski definition) is 5. The van der Waals surface area contributed by atoms with Gasteiger partial charge in [-0.1, -0.05) is 12.1 Å². The summed E-state index contributed by atoms with van der Waals surface area (Å²) < 4.78 is 10.5. The van der Waals surface area contributed by atoms with Gasteiger partial charge in [-0.25, -0.2) is 0 Å². The molecule has 1 fully saturated rings. The third kappa shape index (κ3) is 6.08. The average molecular weight is 424 g/mol. The molecule has 1 aliphatic heterocycles. The molecule has 0 saturated carbocycles. The summed E-state index contributed by atoms with van der Waals surface area (Å²) in [6.45, 7) is 3.67. The first kappa shape index (κ1) is 22.4. The van der Waals surface area contributed by atoms with E-state index in [2.05, 4.69) is 17.3 Å². The summed E-state index contributed by atoms with van der Waals surface area (Å²) in [5, 5.41) is 2.85. The van der Waals surface area contributed by atoms with Gasteiger partial charge in [0, 0.05) is 56.0 Å². The van der Waals surface area contributed by atoms with E-state index in [4.69, 9.17) is 9.47 Å². The van der Waals surface area contributed by atoms with Gasteiger partial charge < -0.3 is 24.6 Å². The number of methoxy groups -OCH3 is 2. The maximum Gasteiger partial charge on any atom is 0.253 e. The number of carbonyl (C=O) groups excluding carboxylic acids is 2. The second kappa shape index (κ2) is 10.6. The van der Waals surface area contributed by atoms with Crippen molar-refractivity contribution >= 4 is 17.9 Å². The van der Waals surface area contributed by atoms with Crippen molar-refractivity contribution in [2.45, 2.75) is 6.54 Å². The topological polar surface area (TPSA) is 71.1 Å². The molecule has 1 saturated heterocycles. The van der Waals surface area contributed by atoms with Gasteiger partial charge in [0.15, 0.2) is 0 Å². The van der Waals surface area contributed by atoms with Gasteiger partial charge in [-0.15, -0.1) is 0 Å². The number of likely N-dealkylation sites (N-methyl/N-ethyl adjacent to an activating group) is 1. The fourth-order valence-corrected chi connectivity index (χ4v) is 3.33. The number of carbonyl (C=O) groups is 2. The van der Waals surface area contributed by atoms with E-state index in [1.165, 1.54) is 6.08 Å². The first-order chi connectivity index (χ1) is 15.0. The quantitative estimate of drug-likeness (QED) is 0.693. The predicted molar refractivity (Wildman–Crippen MR) is 120 cm³/mol. The van der Waals surface area contributed by atoms with Crippen molar-refractivity contribution < 1.29 is 19.1 Å². The summed E-state index contributed by atoms with van der Waals surface area (Å²) in [5.41, 5.74) is 2.38. The SMILES string of the molecule is COc1ccc(C=CC(=O)NCc2ccc(C(=O)N3CCN(C)CC3)cc2)c(OC)c1. The van der Waals surface area contributed by atoms with Crippen molar-refractivity contribution in [2.24, 2.45) is 0 Å². The first-order valence-electron chi connectivity index (χ1n) is 10.2. The number of ether oxygens (including phenoxy) is 2. The van der Waals surface area contributed by atoms with Crippen LogP contribution in [-0.2, 0) is 11.3 Å². The Hall–Kier alpha value is -3.32. The Balaban J connectivity index is 1.52. The number of amides is 2. The molecule has 1 N–H and O–H groups in total. The zero-order chi connectivity index (χ0) is 22.2. The van der Waals surface area contributed by atoms with Crippen LogP contribution in [0.25, 0.3) is 6.08 Å². The van der Waals surface area contributed by atoms with Crippen molar-refractivity contribution in [1.82, 2.24) is 15.1 Å². The summed E-state index contributed by atoms with van der Waals surface area (Å²) in [5.74, 6) is 1.16. The van der Waals surface area contributed by atoms with Crippen LogP contribution >= 0.6 is 0 Å². The number of benzene rings is 2. The van der Waals surface area contributed by atoms with Crippen LogP contribution in [-0.4, -0.2) is 69.1 Å². The maximum atomic E-state index is 12.6. The summed E-state index contributed by atoms with van der Waals surface area (Å²) >= 11 is 0. The highest BCUT2D eigenvalue weighted by Crippen LogP contribution is 2.25. The molecule has 2 aromatic carbocycles. The minimum Gasteiger partial charge on any atom is -0.497 e. The van der Waals surface area contributed by atoms with Crippen LogP contribution in [0.2, 0.25) is 0 Å². The normalized spacial score (nSPS) is 14.5. The smallest absolute Gasteiger partial charge is 0.253 e. The number of nitrogens with zero attached hydrogens (tertiary/aromatic N) is 2. The number of hydrogen-bond donors (Lipinski definition) is 1. The monoisotopic (exact) mass is 423 g/mol. The molecule has 0 radical (unpaired) electrons. The molecule has 1 heterocycles. The molecule has 7 nitrogen and oxygen atoms in total. The molecule has 0 aliphatic carbocycles. The average Bonchev–Trinajstić information content (AvgIpc) is 2.81. The van der Waals surface area contributed by atoms with E-state index >= 15 is 0 Å². The molecule has 7 heteroatoms. The van der Waals surface area contributed by atoms with Gasteiger partial charge in [0.05, 0.1) is 14.2 Å². The summed E-state index contributed by atoms with van der Waals surface area (Å²) in [6.07, 6.45) is 3.17. The fourth-order valence-electron chi connectivity index (χ4n) is 3.33. The van der Waals surface area contributed by atoms with Crippen molar-refractivity contribution in [3.05, 3.63) is 65.2 Å². The van der Waals surface area contributed by atoms with E-state index in [0.29, 0.717) is 23.6 Å². The summed E-state index contributed by atoms with van der Waals surface area (Å²) in [4.78, 5) is 28.9. The van der Waals surface area contributed by atoms with E-state index < -0.39 is 0 Å². The molecule has 0 unspecified atom stereocenters. The number of nitrogens with one attached hydrogen (secondary N) is 1. The molecular weight excluding hydrogens is 394 g/mol. The second-order valence-electron chi connectivity index (χ2n) is 7.45. The van der Waals surface area contributed by atoms with E-state index in [1.807, 2.05) is 41.3 Å². The third-order valence-electron chi connectivity index (χ3n) is 5.31. The fraction of sp³-hybridized carbons (Fsp3) is 0.333. The van der Waals surface area contributed by atoms with E-state index in [0.717, 1.165) is 37.3 Å². The van der Waals surface area contributed by atoms with Gasteiger partial charge in [0.1, 0.15) is 11.5 Å². The zero-order valence-electron chi connectivity index (χ0n) is 18.3. The first-order valence-corrected chi connectivity index (χ1v) is 10.2. The zero-order valence-corrected chi connectivity index (χ0v) is 18.3. The van der Waals surface area contributed by atoms with Crippen LogP contribution < -0.4 is 14.8 Å². The molecule has 0 aromatic heterocycles. The Bertz CT molecular complexity index is 932. The molecule has 2 aromatic rings. The largest absolute Gasteiger partial charge is 0.497 e. The Morgan fingerprint density at radius 1 is 1.00 bits per heavy atom. The molecule has 0 atom stereocenters. The molecule has 1 aliphatic rings. The van der Waals surface area contributed by atoms with Gasteiger partial charge in [-0.2, -0.15) is 0 Å². The number of rotatable bonds is 7. The van der Waals surface area contributed by atoms with Gasteiger partial charge in [-0.3, -0.25) is 9.59 Å². The van der Waals surface area contributed by atoms with Crippen LogP contribution in [0.1, 0.15) is 21.5 Å². The van der Waals surface area contributed by atoms with Gasteiger partial charge in [0.25, 0.3) is 5.91 Å². The van der Waals surface area contributed by atoms with Gasteiger partial charge >= 0.3 is 0 Å². The Morgan fingerprint density at radius 2 is 1.71 bits per heavy atom. The minimum atomic E-state index is -0.213. The lowest BCUT2D eigenvalue weighted by Crippen LogP contribution is -2.47. The molecular formula is C24H29N3O4. The lowest BCUT2D eigenvalue weighted by atomic mass is 10.1. The molecule has 164 valence electrons. The van der Waals surface area contributed by atoms with Crippen LogP contribution in [0.5, 0.6) is 11.5 Å². The highest BCUT2D eigenvalue weighted by Gasteiger charge is 2.20. The number of piperazine rings is 1. The maximum absolute atomic E-state index is 12.6. The summed E-state index contributed by atoms with van der Waals surface area (Å²) in [7, 11) is 5.23. The van der Waals surface area contributed by atoms with Gasteiger partial charge in [-0.05, 0) is 43.0 Å². The summed E-state index contributed by atoms with van der Waals surface area (Å²) in [6, 6.07) is 12.8. The highest BCUT2D eigenvalue weighted by atomic mass is 16.5. The molecule has 0 spiro atoms. The van der Waals surface area contributed by atoms with E-state index in [-0.39, 0.29) is 11.8 Å². The van der Waals surface area contributed by atoms with Crippen molar-refractivity contribution in [2.75, 3.05) is 47.4 Å².